The number of hydrogen-bond donors (Lipinski definition) is 0. The molecule has 0 N–H and O–H groups in total. The lowest BCUT2D eigenvalue weighted by Gasteiger charge is -2.22. The maximum atomic E-state index is 5.20. The van der Waals surface area contributed by atoms with Crippen molar-refractivity contribution in [3.63, 3.8) is 0 Å². The highest BCUT2D eigenvalue weighted by Gasteiger charge is 2.31. The van der Waals surface area contributed by atoms with Gasteiger partial charge in [0.05, 0.1) is 12.6 Å². The predicted octanol–water partition coefficient (Wildman–Crippen LogP) is -0.103. The Bertz CT molecular complexity index is 133. The predicted molar refractivity (Wildman–Crippen MR) is 41.1 cm³/mol. The van der Waals surface area contributed by atoms with E-state index in [4.69, 9.17) is 4.74 Å². The molecule has 2 atom stereocenters. The molecule has 0 fully saturated rings. The molecule has 0 saturated carbocycles. The lowest BCUT2D eigenvalue weighted by Crippen LogP contribution is -2.26. The Hall–Kier alpha value is -0.305. The lowest BCUT2D eigenvalue weighted by molar-refractivity contribution is 0.102. The van der Waals surface area contributed by atoms with Crippen molar-refractivity contribution in [3.05, 3.63) is 0 Å². The zero-order chi connectivity index (χ0) is 6.91. The quantitative estimate of drug-likeness (QED) is 0.448. The van der Waals surface area contributed by atoms with Crippen molar-refractivity contribution < 1.29 is 4.74 Å². The third-order valence-corrected chi connectivity index (χ3v) is 1.81. The van der Waals surface area contributed by atoms with Crippen LogP contribution in [-0.4, -0.2) is 33.8 Å². The van der Waals surface area contributed by atoms with Crippen molar-refractivity contribution in [1.82, 2.24) is 0 Å². The highest BCUT2D eigenvalue weighted by molar-refractivity contribution is 6.25. The topological polar surface area (TPSA) is 21.6 Å². The van der Waals surface area contributed by atoms with E-state index in [1.165, 1.54) is 0 Å². The molecule has 0 aromatic rings. The fourth-order valence-corrected chi connectivity index (χ4v) is 1.08. The smallest absolute Gasteiger partial charge is 0.119 e. The molecule has 0 aromatic heterocycles. The van der Waals surface area contributed by atoms with Crippen molar-refractivity contribution in [2.45, 2.75) is 18.3 Å². The summed E-state index contributed by atoms with van der Waals surface area (Å²) in [7, 11) is 3.87. The second-order valence-corrected chi connectivity index (χ2v) is 3.04. The fraction of sp³-hybridized carbons (Fsp3) is 0.833. The van der Waals surface area contributed by atoms with E-state index in [-0.39, 0.29) is 11.4 Å². The average molecular weight is 125 g/mol. The number of nitrogens with zero attached hydrogens (tertiary/aromatic N) is 1. The van der Waals surface area contributed by atoms with Crippen molar-refractivity contribution >= 4 is 14.1 Å². The van der Waals surface area contributed by atoms with E-state index < -0.39 is 0 Å². The molecule has 1 rings (SSSR count). The summed E-state index contributed by atoms with van der Waals surface area (Å²) in [6.45, 7) is 2.96. The standard InChI is InChI=1S/C6H12BNO/c1-6(7)4-8-3-5(6)9-2/h4-5H,3,7H2,1-2H3/t5-,6?/m1/s1. The second kappa shape index (κ2) is 2.14. The lowest BCUT2D eigenvalue weighted by atomic mass is 9.69. The Morgan fingerprint density at radius 3 is 2.78 bits per heavy atom. The molecule has 0 amide bonds. The molecule has 3 heteroatoms. The van der Waals surface area contributed by atoms with Crippen LogP contribution in [0.25, 0.3) is 0 Å². The summed E-state index contributed by atoms with van der Waals surface area (Å²) >= 11 is 0. The van der Waals surface area contributed by atoms with Crippen molar-refractivity contribution in [2.24, 2.45) is 4.99 Å². The van der Waals surface area contributed by atoms with Gasteiger partial charge in [0.1, 0.15) is 7.85 Å². The van der Waals surface area contributed by atoms with Gasteiger partial charge in [-0.2, -0.15) is 0 Å². The van der Waals surface area contributed by atoms with Crippen LogP contribution >= 0.6 is 0 Å². The zero-order valence-corrected chi connectivity index (χ0v) is 6.22. The molecule has 9 heavy (non-hydrogen) atoms. The summed E-state index contributed by atoms with van der Waals surface area (Å²) in [5, 5.41) is 0.148. The third-order valence-electron chi connectivity index (χ3n) is 1.81. The van der Waals surface area contributed by atoms with E-state index in [0.717, 1.165) is 6.54 Å². The zero-order valence-electron chi connectivity index (χ0n) is 6.22. The maximum absolute atomic E-state index is 5.20. The first-order valence-electron chi connectivity index (χ1n) is 3.20. The van der Waals surface area contributed by atoms with Gasteiger partial charge in [-0.3, -0.25) is 4.99 Å². The van der Waals surface area contributed by atoms with Crippen LogP contribution in [0, 0.1) is 0 Å². The largest absolute Gasteiger partial charge is 0.379 e. The summed E-state index contributed by atoms with van der Waals surface area (Å²) < 4.78 is 5.20. The summed E-state index contributed by atoms with van der Waals surface area (Å²) in [6, 6.07) is 0. The van der Waals surface area contributed by atoms with Crippen LogP contribution < -0.4 is 0 Å². The molecule has 0 radical (unpaired) electrons. The third kappa shape index (κ3) is 1.16. The van der Waals surface area contributed by atoms with Crippen molar-refractivity contribution in [1.29, 1.82) is 0 Å². The van der Waals surface area contributed by atoms with Crippen LogP contribution in [0.5, 0.6) is 0 Å². The molecule has 0 spiro atoms. The van der Waals surface area contributed by atoms with E-state index in [2.05, 4.69) is 19.8 Å². The minimum atomic E-state index is 0.148. The van der Waals surface area contributed by atoms with Gasteiger partial charge in [-0.15, -0.1) is 0 Å². The van der Waals surface area contributed by atoms with Gasteiger partial charge in [0, 0.05) is 12.4 Å². The molecule has 0 saturated heterocycles. The van der Waals surface area contributed by atoms with Gasteiger partial charge in [-0.25, -0.2) is 0 Å². The van der Waals surface area contributed by atoms with Gasteiger partial charge >= 0.3 is 0 Å². The Morgan fingerprint density at radius 1 is 1.89 bits per heavy atom. The number of ether oxygens (including phenoxy) is 1. The van der Waals surface area contributed by atoms with Gasteiger partial charge in [-0.05, 0) is 6.21 Å². The fourth-order valence-electron chi connectivity index (χ4n) is 1.08. The van der Waals surface area contributed by atoms with Gasteiger partial charge < -0.3 is 4.74 Å². The Labute approximate surface area is 56.7 Å². The van der Waals surface area contributed by atoms with E-state index in [1.807, 2.05) is 6.21 Å². The second-order valence-electron chi connectivity index (χ2n) is 3.04. The molecular formula is C6H12BNO. The molecule has 2 nitrogen and oxygen atoms in total. The highest BCUT2D eigenvalue weighted by atomic mass is 16.5. The van der Waals surface area contributed by atoms with Crippen LogP contribution in [0.3, 0.4) is 0 Å². The van der Waals surface area contributed by atoms with Crippen LogP contribution in [0.2, 0.25) is 5.31 Å². The molecule has 1 unspecified atom stereocenters. The van der Waals surface area contributed by atoms with Gasteiger partial charge in [0.2, 0.25) is 0 Å². The summed E-state index contributed by atoms with van der Waals surface area (Å²) in [5.74, 6) is 0. The summed E-state index contributed by atoms with van der Waals surface area (Å²) in [5.41, 5.74) is 0. The van der Waals surface area contributed by atoms with Crippen LogP contribution in [-0.2, 0) is 4.74 Å². The first kappa shape index (κ1) is 6.81. The van der Waals surface area contributed by atoms with E-state index >= 15 is 0 Å². The van der Waals surface area contributed by atoms with Crippen molar-refractivity contribution in [3.8, 4) is 0 Å². The van der Waals surface area contributed by atoms with E-state index in [0.29, 0.717) is 0 Å². The first-order chi connectivity index (χ1) is 4.17. The molecule has 0 aliphatic carbocycles. The highest BCUT2D eigenvalue weighted by Crippen LogP contribution is 2.29. The van der Waals surface area contributed by atoms with Gasteiger partial charge in [-0.1, -0.05) is 6.92 Å². The minimum absolute atomic E-state index is 0.148. The van der Waals surface area contributed by atoms with Gasteiger partial charge in [0.15, 0.2) is 0 Å². The molecule has 0 bridgehead atoms. The number of rotatable bonds is 1. The monoisotopic (exact) mass is 125 g/mol. The molecular weight excluding hydrogens is 113 g/mol. The Morgan fingerprint density at radius 2 is 2.56 bits per heavy atom. The molecule has 1 aliphatic heterocycles. The number of methoxy groups -OCH3 is 1. The van der Waals surface area contributed by atoms with Gasteiger partial charge in [0.25, 0.3) is 0 Å². The van der Waals surface area contributed by atoms with Crippen molar-refractivity contribution in [2.75, 3.05) is 13.7 Å². The van der Waals surface area contributed by atoms with E-state index in [9.17, 15) is 0 Å². The average Bonchev–Trinajstić information content (AvgIpc) is 2.08. The van der Waals surface area contributed by atoms with Crippen LogP contribution in [0.15, 0.2) is 4.99 Å². The number of aliphatic imine (C=N–C) groups is 1. The SMILES string of the molecule is BC1(C)C=NC[C@H]1OC. The minimum Gasteiger partial charge on any atom is -0.379 e. The molecule has 50 valence electrons. The Balaban J connectivity index is 2.60. The maximum Gasteiger partial charge on any atom is 0.119 e. The van der Waals surface area contributed by atoms with E-state index in [1.54, 1.807) is 7.11 Å². The van der Waals surface area contributed by atoms with Crippen LogP contribution in [0.4, 0.5) is 0 Å². The molecule has 1 heterocycles. The normalized spacial score (nSPS) is 41.8. The molecule has 0 aromatic carbocycles. The van der Waals surface area contributed by atoms with Crippen LogP contribution in [0.1, 0.15) is 6.92 Å². The Kier molecular flexibility index (Phi) is 1.62. The summed E-state index contributed by atoms with van der Waals surface area (Å²) in [4.78, 5) is 4.14. The molecule has 1 aliphatic rings. The first-order valence-corrected chi connectivity index (χ1v) is 3.20. The number of hydrogen-bond acceptors (Lipinski definition) is 2. The summed E-state index contributed by atoms with van der Waals surface area (Å²) in [6.07, 6.45) is 2.26.